The molecule has 0 aromatic carbocycles. The summed E-state index contributed by atoms with van der Waals surface area (Å²) in [5, 5.41) is 10.6. The lowest BCUT2D eigenvalue weighted by atomic mass is 10.4. The number of hydrogen-bond acceptors (Lipinski definition) is 4. The van der Waals surface area contributed by atoms with E-state index in [0.29, 0.717) is 12.1 Å². The second-order valence-electron chi connectivity index (χ2n) is 5.10. The summed E-state index contributed by atoms with van der Waals surface area (Å²) in [5.41, 5.74) is 0.505. The number of hydrogen-bond donors (Lipinski definition) is 2. The summed E-state index contributed by atoms with van der Waals surface area (Å²) in [6.07, 6.45) is 0.794. The van der Waals surface area contributed by atoms with Crippen molar-refractivity contribution in [1.29, 1.82) is 0 Å². The summed E-state index contributed by atoms with van der Waals surface area (Å²) in [4.78, 5) is 15.2. The Labute approximate surface area is 134 Å². The second-order valence-corrected chi connectivity index (χ2v) is 8.21. The fourth-order valence-electron chi connectivity index (χ4n) is 2.62. The fraction of sp³-hybridized carbons (Fsp3) is 0.429. The lowest BCUT2D eigenvalue weighted by Crippen LogP contribution is -2.38. The van der Waals surface area contributed by atoms with E-state index in [1.54, 1.807) is 31.2 Å². The molecule has 0 aliphatic heterocycles. The van der Waals surface area contributed by atoms with Gasteiger partial charge in [-0.25, -0.2) is 9.78 Å². The van der Waals surface area contributed by atoms with Crippen molar-refractivity contribution in [2.75, 3.05) is 6.61 Å². The van der Waals surface area contributed by atoms with Gasteiger partial charge in [0.05, 0.1) is 18.5 Å². The molecule has 1 fully saturated rings. The number of carbonyl (C=O) groups is 1. The Morgan fingerprint density at radius 2 is 2.45 bits per heavy atom. The van der Waals surface area contributed by atoms with Gasteiger partial charge >= 0.3 is 6.09 Å². The van der Waals surface area contributed by atoms with Crippen LogP contribution in [0.5, 0.6) is 0 Å². The minimum absolute atomic E-state index is 0.0199. The zero-order valence-electron chi connectivity index (χ0n) is 12.2. The predicted molar refractivity (Wildman–Crippen MR) is 84.4 cm³/mol. The quantitative estimate of drug-likeness (QED) is 0.447. The van der Waals surface area contributed by atoms with Crippen LogP contribution < -0.4 is 5.32 Å². The Hall–Kier alpha value is -1.36. The maximum atomic E-state index is 13.4. The van der Waals surface area contributed by atoms with E-state index in [4.69, 9.17) is 21.2 Å². The first kappa shape index (κ1) is 17.0. The van der Waals surface area contributed by atoms with Crippen LogP contribution in [0.3, 0.4) is 0 Å². The van der Waals surface area contributed by atoms with Crippen LogP contribution in [0.2, 0.25) is 5.15 Å². The normalized spacial score (nSPS) is 26.0. The summed E-state index contributed by atoms with van der Waals surface area (Å²) in [5.74, 6) is -0.222. The van der Waals surface area contributed by atoms with Gasteiger partial charge in [0.25, 0.3) is 0 Å². The molecule has 120 valence electrons. The molecule has 0 saturated heterocycles. The van der Waals surface area contributed by atoms with Crippen LogP contribution in [0.15, 0.2) is 30.9 Å². The molecule has 0 unspecified atom stereocenters. The van der Waals surface area contributed by atoms with E-state index in [9.17, 15) is 9.36 Å². The maximum absolute atomic E-state index is 13.4. The Kier molecular flexibility index (Phi) is 4.95. The van der Waals surface area contributed by atoms with Gasteiger partial charge in [-0.2, -0.15) is 0 Å². The van der Waals surface area contributed by atoms with Gasteiger partial charge in [0.15, 0.2) is 0 Å². The molecule has 22 heavy (non-hydrogen) atoms. The van der Waals surface area contributed by atoms with Crippen molar-refractivity contribution < 1.29 is 19.0 Å². The zero-order valence-corrected chi connectivity index (χ0v) is 13.8. The molecule has 1 aliphatic carbocycles. The van der Waals surface area contributed by atoms with Gasteiger partial charge in [-0.1, -0.05) is 23.7 Å². The van der Waals surface area contributed by atoms with Gasteiger partial charge in [-0.05, 0) is 25.5 Å². The molecule has 2 rings (SSSR count). The van der Waals surface area contributed by atoms with Crippen molar-refractivity contribution in [3.05, 3.63) is 41.7 Å². The van der Waals surface area contributed by atoms with Gasteiger partial charge in [-0.3, -0.25) is 4.57 Å². The van der Waals surface area contributed by atoms with Crippen LogP contribution in [-0.2, 0) is 15.3 Å². The smallest absolute Gasteiger partial charge is 0.405 e. The molecule has 1 aromatic heterocycles. The van der Waals surface area contributed by atoms with Gasteiger partial charge < -0.3 is 14.9 Å². The highest BCUT2D eigenvalue weighted by molar-refractivity contribution is 7.60. The van der Waals surface area contributed by atoms with E-state index >= 15 is 0 Å². The highest BCUT2D eigenvalue weighted by atomic mass is 35.5. The lowest BCUT2D eigenvalue weighted by Gasteiger charge is -2.28. The summed E-state index contributed by atoms with van der Waals surface area (Å²) in [6.45, 7) is 5.61. The molecule has 1 aliphatic rings. The van der Waals surface area contributed by atoms with Crippen molar-refractivity contribution in [3.8, 4) is 0 Å². The number of carboxylic acid groups (broad SMARTS) is 1. The number of nitrogens with zero attached hydrogens (tertiary/aromatic N) is 1. The molecular weight excluding hydrogens is 327 g/mol. The highest BCUT2D eigenvalue weighted by Gasteiger charge is 2.66. The Morgan fingerprint density at radius 1 is 1.73 bits per heavy atom. The van der Waals surface area contributed by atoms with Crippen molar-refractivity contribution >= 4 is 25.1 Å². The molecule has 2 N–H and O–H groups in total. The number of aromatic nitrogens is 1. The number of amides is 1. The molecule has 0 radical (unpaired) electrons. The molecule has 1 aromatic rings. The molecule has 3 atom stereocenters. The average Bonchev–Trinajstić information content (AvgIpc) is 3.13. The molecule has 6 nitrogen and oxygen atoms in total. The molecule has 1 amide bonds. The topological polar surface area (TPSA) is 88.5 Å². The SMILES string of the molecule is C=C[C@@H]1C[C@]1(NC(=O)O)[P@](=O)(Cc1cccc(Cl)n1)OCC. The fourth-order valence-corrected chi connectivity index (χ4v) is 5.78. The van der Waals surface area contributed by atoms with E-state index in [1.807, 2.05) is 0 Å². The summed E-state index contributed by atoms with van der Waals surface area (Å²) in [6, 6.07) is 5.01. The van der Waals surface area contributed by atoms with Gasteiger partial charge in [0.2, 0.25) is 7.37 Å². The van der Waals surface area contributed by atoms with Crippen LogP contribution in [0.4, 0.5) is 4.79 Å². The van der Waals surface area contributed by atoms with Crippen molar-refractivity contribution in [1.82, 2.24) is 10.3 Å². The summed E-state index contributed by atoms with van der Waals surface area (Å²) in [7, 11) is -3.36. The van der Waals surface area contributed by atoms with E-state index < -0.39 is 18.7 Å². The Balaban J connectivity index is 2.36. The van der Waals surface area contributed by atoms with Crippen LogP contribution in [0.1, 0.15) is 19.0 Å². The number of halogens is 1. The van der Waals surface area contributed by atoms with Gasteiger partial charge in [0, 0.05) is 5.92 Å². The number of nitrogens with one attached hydrogen (secondary N) is 1. The molecule has 1 saturated carbocycles. The van der Waals surface area contributed by atoms with Crippen molar-refractivity contribution in [3.63, 3.8) is 0 Å². The first-order valence-corrected chi connectivity index (χ1v) is 9.04. The maximum Gasteiger partial charge on any atom is 0.405 e. The van der Waals surface area contributed by atoms with Crippen LogP contribution in [0.25, 0.3) is 0 Å². The third kappa shape index (κ3) is 3.19. The predicted octanol–water partition coefficient (Wildman–Crippen LogP) is 3.72. The molecular formula is C14H18ClN2O4P. The molecule has 8 heteroatoms. The Bertz CT molecular complexity index is 639. The first-order chi connectivity index (χ1) is 10.4. The molecule has 0 bridgehead atoms. The third-order valence-electron chi connectivity index (χ3n) is 3.68. The van der Waals surface area contributed by atoms with Gasteiger partial charge in [-0.15, -0.1) is 6.58 Å². The standard InChI is InChI=1S/C14H18ClN2O4P/c1-3-10-8-14(10,17-13(18)19)22(20,21-4-2)9-11-6-5-7-12(15)16-11/h3,5-7,10,17H,1,4,8-9H2,2H3,(H,18,19)/t10-,14+,22+/m1/s1. The summed E-state index contributed by atoms with van der Waals surface area (Å²) < 4.78 is 18.9. The number of rotatable bonds is 7. The van der Waals surface area contributed by atoms with E-state index in [2.05, 4.69) is 16.9 Å². The first-order valence-electron chi connectivity index (χ1n) is 6.85. The largest absolute Gasteiger partial charge is 0.465 e. The minimum atomic E-state index is -3.36. The zero-order chi connectivity index (χ0) is 16.4. The van der Waals surface area contributed by atoms with Crippen LogP contribution in [-0.4, -0.2) is 28.1 Å². The van der Waals surface area contributed by atoms with Gasteiger partial charge in [0.1, 0.15) is 10.4 Å². The van der Waals surface area contributed by atoms with E-state index in [0.717, 1.165) is 0 Å². The van der Waals surface area contributed by atoms with Crippen LogP contribution in [0, 0.1) is 5.92 Å². The van der Waals surface area contributed by atoms with E-state index in [1.165, 1.54) is 0 Å². The monoisotopic (exact) mass is 344 g/mol. The third-order valence-corrected chi connectivity index (χ3v) is 7.15. The van der Waals surface area contributed by atoms with Crippen molar-refractivity contribution in [2.45, 2.75) is 24.8 Å². The minimum Gasteiger partial charge on any atom is -0.465 e. The second kappa shape index (κ2) is 6.41. The molecule has 1 heterocycles. The van der Waals surface area contributed by atoms with E-state index in [-0.39, 0.29) is 23.8 Å². The lowest BCUT2D eigenvalue weighted by molar-refractivity contribution is 0.189. The number of pyridine rings is 1. The van der Waals surface area contributed by atoms with Crippen LogP contribution >= 0.6 is 19.0 Å². The Morgan fingerprint density at radius 3 is 2.95 bits per heavy atom. The average molecular weight is 345 g/mol. The molecule has 0 spiro atoms. The van der Waals surface area contributed by atoms with Crippen molar-refractivity contribution in [2.24, 2.45) is 5.92 Å². The highest BCUT2D eigenvalue weighted by Crippen LogP contribution is 2.73. The summed E-state index contributed by atoms with van der Waals surface area (Å²) >= 11 is 5.85.